The third-order valence-electron chi connectivity index (χ3n) is 10.6. The number of hydrogen-bond donors (Lipinski definition) is 1. The zero-order valence-corrected chi connectivity index (χ0v) is 28.5. The minimum Gasteiger partial charge on any atom is -0.432 e. The molecule has 0 saturated heterocycles. The Morgan fingerprint density at radius 2 is 1.20 bits per heavy atom. The van der Waals surface area contributed by atoms with Crippen LogP contribution in [0.1, 0.15) is 81.8 Å². The van der Waals surface area contributed by atoms with Crippen LogP contribution in [0.3, 0.4) is 0 Å². The Hall–Kier alpha value is -3.92. The molecule has 0 unspecified atom stereocenters. The molecule has 2 aliphatic carbocycles. The molecule has 1 spiro atoms. The molecule has 2 nitrogen and oxygen atoms in total. The summed E-state index contributed by atoms with van der Waals surface area (Å²) in [6.07, 6.45) is 7.42. The molecule has 0 radical (unpaired) electrons. The zero-order valence-electron chi connectivity index (χ0n) is 28.5. The fourth-order valence-electron chi connectivity index (χ4n) is 8.00. The van der Waals surface area contributed by atoms with E-state index in [1.54, 1.807) is 0 Å². The van der Waals surface area contributed by atoms with E-state index in [-0.39, 0.29) is 0 Å². The topological polar surface area (TPSA) is 29.5 Å². The Bertz CT molecular complexity index is 1750. The second-order valence-corrected chi connectivity index (χ2v) is 14.3. The van der Waals surface area contributed by atoms with Crippen LogP contribution in [-0.2, 0) is 15.5 Å². The van der Waals surface area contributed by atoms with E-state index in [4.69, 9.17) is 11.2 Å². The van der Waals surface area contributed by atoms with Crippen molar-refractivity contribution in [2.75, 3.05) is 0 Å². The number of hydrogen-bond acceptors (Lipinski definition) is 2. The first-order valence-electron chi connectivity index (χ1n) is 16.7. The van der Waals surface area contributed by atoms with E-state index in [1.807, 2.05) is 27.7 Å². The number of aliphatic hydroxyl groups is 1. The molecular formula is C43H47BO2. The molecule has 4 aromatic rings. The monoisotopic (exact) mass is 606 g/mol. The minimum atomic E-state index is -0.985. The van der Waals surface area contributed by atoms with Gasteiger partial charge in [0.05, 0.1) is 22.0 Å². The zero-order chi connectivity index (χ0) is 32.9. The lowest BCUT2D eigenvalue weighted by Crippen LogP contribution is -2.48. The first-order valence-corrected chi connectivity index (χ1v) is 16.7. The smallest absolute Gasteiger partial charge is 0.279 e. The van der Waals surface area contributed by atoms with Crippen LogP contribution < -0.4 is 0 Å². The molecule has 0 heterocycles. The summed E-state index contributed by atoms with van der Waals surface area (Å²) in [4.78, 5) is 0. The van der Waals surface area contributed by atoms with Gasteiger partial charge in [-0.05, 0) is 96.9 Å². The molecule has 0 saturated carbocycles. The molecule has 1 N–H and O–H groups in total. The predicted molar refractivity (Wildman–Crippen MR) is 195 cm³/mol. The van der Waals surface area contributed by atoms with Gasteiger partial charge in [-0.25, -0.2) is 0 Å². The molecule has 0 aromatic heterocycles. The number of fused-ring (bicyclic) bond motifs is 9. The number of benzene rings is 4. The molecule has 46 heavy (non-hydrogen) atoms. The predicted octanol–water partition coefficient (Wildman–Crippen LogP) is 9.70. The number of rotatable bonds is 9. The van der Waals surface area contributed by atoms with E-state index in [1.165, 1.54) is 50.1 Å². The summed E-state index contributed by atoms with van der Waals surface area (Å²) < 4.78 is 6.51. The summed E-state index contributed by atoms with van der Waals surface area (Å²) in [5.41, 5.74) is 9.87. The summed E-state index contributed by atoms with van der Waals surface area (Å²) in [5, 5.41) is 10.9. The molecule has 0 bridgehead atoms. The van der Waals surface area contributed by atoms with Gasteiger partial charge in [0.1, 0.15) is 0 Å². The van der Waals surface area contributed by atoms with Crippen LogP contribution in [0.15, 0.2) is 133 Å². The van der Waals surface area contributed by atoms with Gasteiger partial charge < -0.3 is 9.76 Å². The van der Waals surface area contributed by atoms with Crippen LogP contribution in [-0.4, -0.2) is 23.8 Å². The molecule has 0 amide bonds. The van der Waals surface area contributed by atoms with Crippen molar-refractivity contribution in [3.05, 3.63) is 166 Å². The average Bonchev–Trinajstić information content (AvgIpc) is 3.32. The highest BCUT2D eigenvalue weighted by atomic mass is 16.5. The Morgan fingerprint density at radius 3 is 1.63 bits per heavy atom. The average molecular weight is 607 g/mol. The Kier molecular flexibility index (Phi) is 8.16. The fourth-order valence-corrected chi connectivity index (χ4v) is 8.00. The minimum absolute atomic E-state index is 0.302. The second-order valence-electron chi connectivity index (χ2n) is 14.3. The lowest BCUT2D eigenvalue weighted by Gasteiger charge is -2.51. The summed E-state index contributed by atoms with van der Waals surface area (Å²) in [6.45, 7) is 19.0. The maximum absolute atomic E-state index is 10.9. The number of allylic oxidation sites excluding steroid dienone is 5. The third kappa shape index (κ3) is 4.62. The van der Waals surface area contributed by atoms with Crippen molar-refractivity contribution < 1.29 is 9.76 Å². The van der Waals surface area contributed by atoms with Gasteiger partial charge in [-0.3, -0.25) is 0 Å². The van der Waals surface area contributed by atoms with Crippen LogP contribution >= 0.6 is 0 Å². The van der Waals surface area contributed by atoms with Gasteiger partial charge in [0.15, 0.2) is 0 Å². The van der Waals surface area contributed by atoms with Gasteiger partial charge in [0, 0.05) is 0 Å². The molecule has 0 aliphatic heterocycles. The van der Waals surface area contributed by atoms with Crippen molar-refractivity contribution in [1.29, 1.82) is 0 Å². The third-order valence-corrected chi connectivity index (χ3v) is 10.6. The first kappa shape index (κ1) is 32.0. The van der Waals surface area contributed by atoms with E-state index in [0.29, 0.717) is 19.7 Å². The van der Waals surface area contributed by atoms with Crippen molar-refractivity contribution in [3.63, 3.8) is 0 Å². The maximum Gasteiger partial charge on any atom is 0.279 e. The Labute approximate surface area is 276 Å². The highest BCUT2D eigenvalue weighted by molar-refractivity contribution is 6.28. The molecule has 4 aromatic carbocycles. The molecule has 6 rings (SSSR count). The largest absolute Gasteiger partial charge is 0.432 e. The maximum atomic E-state index is 10.9. The van der Waals surface area contributed by atoms with Crippen LogP contribution in [0.4, 0.5) is 0 Å². The normalized spacial score (nSPS) is 16.2. The second kappa shape index (κ2) is 11.7. The highest BCUT2D eigenvalue weighted by Gasteiger charge is 2.57. The standard InChI is InChI=1S/C43H47BO2/c1-9-18-30(4)42(31(27-29(2)3)28-44-46-41(7,8)40(5,6)45)36-23-14-16-25-38(36)43(39-26-17-15-24-37(39)42)34-21-12-10-19-32(34)33-20-11-13-22-35(33)43/h9-27,29,44-45H,4,28H2,1-3,5-8H3/b18-9-,31-27-. The summed E-state index contributed by atoms with van der Waals surface area (Å²) in [7, 11) is 0.474. The van der Waals surface area contributed by atoms with E-state index in [2.05, 4.69) is 136 Å². The van der Waals surface area contributed by atoms with Crippen molar-refractivity contribution in [1.82, 2.24) is 0 Å². The quantitative estimate of drug-likeness (QED) is 0.103. The van der Waals surface area contributed by atoms with Crippen molar-refractivity contribution >= 4 is 7.48 Å². The molecule has 2 aliphatic rings. The van der Waals surface area contributed by atoms with Crippen LogP contribution in [0.25, 0.3) is 11.1 Å². The van der Waals surface area contributed by atoms with Crippen LogP contribution in [0.5, 0.6) is 0 Å². The molecular weight excluding hydrogens is 559 g/mol. The van der Waals surface area contributed by atoms with E-state index in [0.717, 1.165) is 5.57 Å². The Morgan fingerprint density at radius 1 is 0.761 bits per heavy atom. The molecule has 3 heteroatoms. The first-order chi connectivity index (χ1) is 21.9. The van der Waals surface area contributed by atoms with E-state index < -0.39 is 22.0 Å². The van der Waals surface area contributed by atoms with Crippen LogP contribution in [0, 0.1) is 5.92 Å². The molecule has 0 fully saturated rings. The van der Waals surface area contributed by atoms with Crippen molar-refractivity contribution in [2.24, 2.45) is 5.92 Å². The van der Waals surface area contributed by atoms with E-state index in [9.17, 15) is 5.11 Å². The van der Waals surface area contributed by atoms with Gasteiger partial charge in [-0.2, -0.15) is 0 Å². The lowest BCUT2D eigenvalue weighted by atomic mass is 9.50. The summed E-state index contributed by atoms with van der Waals surface area (Å²) in [6, 6.07) is 36.0. The fraction of sp³-hybridized carbons (Fsp3) is 0.302. The highest BCUT2D eigenvalue weighted by Crippen LogP contribution is 2.64. The molecule has 234 valence electrons. The lowest BCUT2D eigenvalue weighted by molar-refractivity contribution is -0.0902. The van der Waals surface area contributed by atoms with Gasteiger partial charge in [-0.1, -0.05) is 141 Å². The SMILES string of the molecule is C=C(/C=C\C)C1(/C(=C\C(C)C)CBOC(C)(C)C(C)(C)O)c2ccccc2C2(c3ccccc3-c3ccccc32)c2ccccc21. The van der Waals surface area contributed by atoms with Gasteiger partial charge in [0.2, 0.25) is 0 Å². The summed E-state index contributed by atoms with van der Waals surface area (Å²) >= 11 is 0. The van der Waals surface area contributed by atoms with Gasteiger partial charge in [-0.15, -0.1) is 0 Å². The van der Waals surface area contributed by atoms with Crippen molar-refractivity contribution in [3.8, 4) is 11.1 Å². The summed E-state index contributed by atoms with van der Waals surface area (Å²) in [5.74, 6) is 0.302. The Balaban J connectivity index is 1.69. The van der Waals surface area contributed by atoms with E-state index >= 15 is 0 Å². The van der Waals surface area contributed by atoms with Crippen molar-refractivity contribution in [2.45, 2.75) is 76.8 Å². The van der Waals surface area contributed by atoms with Crippen LogP contribution in [0.2, 0.25) is 6.32 Å². The molecule has 0 atom stereocenters. The van der Waals surface area contributed by atoms with Gasteiger partial charge in [0.25, 0.3) is 7.48 Å². The van der Waals surface area contributed by atoms with Gasteiger partial charge >= 0.3 is 0 Å².